The molecule has 2 aromatic rings. The maximum Gasteiger partial charge on any atom is 0.221 e. The summed E-state index contributed by atoms with van der Waals surface area (Å²) in [5.41, 5.74) is 7.63. The number of thiocarbonyl (C=S) groups is 1. The molecule has 2 heterocycles. The Labute approximate surface area is 139 Å². The molecular formula is C16H20N4O2S. The molecule has 0 amide bonds. The fourth-order valence-corrected chi connectivity index (χ4v) is 3.66. The summed E-state index contributed by atoms with van der Waals surface area (Å²) in [7, 11) is 1.62. The van der Waals surface area contributed by atoms with Crippen LogP contribution in [0, 0.1) is 0 Å². The number of ether oxygens (including phenoxy) is 1. The summed E-state index contributed by atoms with van der Waals surface area (Å²) in [5.74, 6) is 1.14. The van der Waals surface area contributed by atoms with Gasteiger partial charge in [-0.2, -0.15) is 0 Å². The third-order valence-corrected chi connectivity index (χ3v) is 4.52. The summed E-state index contributed by atoms with van der Waals surface area (Å²) in [5, 5.41) is 19.3. The summed E-state index contributed by atoms with van der Waals surface area (Å²) in [4.78, 5) is 0. The zero-order valence-corrected chi connectivity index (χ0v) is 14.4. The minimum absolute atomic E-state index is 0.0732. The number of benzene rings is 1. The Morgan fingerprint density at radius 2 is 2.17 bits per heavy atom. The lowest BCUT2D eigenvalue weighted by Gasteiger charge is -2.36. The minimum atomic E-state index is -0.236. The van der Waals surface area contributed by atoms with Crippen LogP contribution in [0.4, 0.5) is 5.69 Å². The number of nitrogens with zero attached hydrogens (tertiary/aromatic N) is 3. The molecule has 0 saturated carbocycles. The molecule has 0 saturated heterocycles. The van der Waals surface area contributed by atoms with Crippen LogP contribution in [0.5, 0.6) is 11.6 Å². The molecule has 122 valence electrons. The Kier molecular flexibility index (Phi) is 3.55. The number of nitrogens with two attached hydrogens (primary N) is 1. The van der Waals surface area contributed by atoms with E-state index in [0.717, 1.165) is 28.6 Å². The van der Waals surface area contributed by atoms with E-state index >= 15 is 0 Å². The predicted octanol–water partition coefficient (Wildman–Crippen LogP) is 3.93. The van der Waals surface area contributed by atoms with Crippen LogP contribution in [-0.2, 0) is 5.54 Å². The lowest BCUT2D eigenvalue weighted by atomic mass is 9.82. The average Bonchev–Trinajstić information content (AvgIpc) is 2.74. The molecule has 0 aliphatic carbocycles. The number of aromatic hydroxyl groups is 1. The zero-order chi connectivity index (χ0) is 16.9. The Morgan fingerprint density at radius 1 is 1.48 bits per heavy atom. The maximum atomic E-state index is 10.8. The number of methoxy groups -OCH3 is 1. The van der Waals surface area contributed by atoms with Crippen LogP contribution < -0.4 is 10.5 Å². The number of rotatable bonds is 2. The lowest BCUT2D eigenvalue weighted by molar-refractivity contribution is 0.267. The van der Waals surface area contributed by atoms with Crippen LogP contribution in [0.1, 0.15) is 38.7 Å². The molecule has 23 heavy (non-hydrogen) atoms. The number of hydrogen-bond donors (Lipinski definition) is 2. The van der Waals surface area contributed by atoms with Crippen molar-refractivity contribution >= 4 is 33.9 Å². The Balaban J connectivity index is 2.43. The molecule has 0 fully saturated rings. The van der Waals surface area contributed by atoms with Gasteiger partial charge in [0.15, 0.2) is 5.69 Å². The van der Waals surface area contributed by atoms with E-state index < -0.39 is 0 Å². The van der Waals surface area contributed by atoms with Gasteiger partial charge >= 0.3 is 0 Å². The van der Waals surface area contributed by atoms with Gasteiger partial charge in [-0.3, -0.25) is 0 Å². The summed E-state index contributed by atoms with van der Waals surface area (Å²) < 4.78 is 7.33. The van der Waals surface area contributed by atoms with Crippen molar-refractivity contribution in [2.45, 2.75) is 38.6 Å². The quantitative estimate of drug-likeness (QED) is 0.644. The smallest absolute Gasteiger partial charge is 0.221 e. The first-order valence-corrected chi connectivity index (χ1v) is 7.84. The molecule has 0 spiro atoms. The molecule has 0 bridgehead atoms. The summed E-state index contributed by atoms with van der Waals surface area (Å²) in [6.07, 6.45) is 0.899. The van der Waals surface area contributed by atoms with Gasteiger partial charge in [-0.1, -0.05) is 6.92 Å². The highest BCUT2D eigenvalue weighted by Crippen LogP contribution is 2.51. The molecule has 3 rings (SSSR count). The SMILES string of the molecule is COc1cc2c3c(c1)c(N=NC(N)=S)c(O)n3C(C)(C)CC2C. The Bertz CT molecular complexity index is 838. The fourth-order valence-electron chi connectivity index (χ4n) is 3.62. The monoisotopic (exact) mass is 332 g/mol. The highest BCUT2D eigenvalue weighted by Gasteiger charge is 2.36. The van der Waals surface area contributed by atoms with Gasteiger partial charge in [-0.15, -0.1) is 10.2 Å². The molecule has 1 unspecified atom stereocenters. The molecule has 0 radical (unpaired) electrons. The largest absolute Gasteiger partial charge is 0.497 e. The summed E-state index contributed by atoms with van der Waals surface area (Å²) in [6.45, 7) is 6.38. The van der Waals surface area contributed by atoms with Crippen LogP contribution in [0.25, 0.3) is 10.9 Å². The van der Waals surface area contributed by atoms with Crippen LogP contribution >= 0.6 is 12.2 Å². The molecule has 1 aliphatic heterocycles. The second-order valence-corrected chi connectivity index (χ2v) is 6.99. The van der Waals surface area contributed by atoms with Crippen molar-refractivity contribution in [2.75, 3.05) is 7.11 Å². The lowest BCUT2D eigenvalue weighted by Crippen LogP contribution is -2.31. The van der Waals surface area contributed by atoms with Crippen molar-refractivity contribution in [3.63, 3.8) is 0 Å². The zero-order valence-electron chi connectivity index (χ0n) is 13.6. The molecule has 1 aliphatic rings. The highest BCUT2D eigenvalue weighted by molar-refractivity contribution is 7.80. The maximum absolute atomic E-state index is 10.8. The van der Waals surface area contributed by atoms with Gasteiger partial charge in [0.25, 0.3) is 0 Å². The van der Waals surface area contributed by atoms with Crippen LogP contribution in [-0.4, -0.2) is 21.9 Å². The molecule has 1 atom stereocenters. The number of aromatic nitrogens is 1. The molecule has 7 heteroatoms. The van der Waals surface area contributed by atoms with Crippen LogP contribution in [0.2, 0.25) is 0 Å². The first kappa shape index (κ1) is 15.7. The first-order valence-electron chi connectivity index (χ1n) is 7.43. The van der Waals surface area contributed by atoms with E-state index in [4.69, 9.17) is 22.7 Å². The van der Waals surface area contributed by atoms with Crippen LogP contribution in [0.15, 0.2) is 22.4 Å². The molecule has 3 N–H and O–H groups in total. The van der Waals surface area contributed by atoms with E-state index in [-0.39, 0.29) is 16.5 Å². The van der Waals surface area contributed by atoms with Crippen molar-refractivity contribution in [2.24, 2.45) is 16.0 Å². The molecule has 1 aromatic carbocycles. The minimum Gasteiger partial charge on any atom is -0.497 e. The van der Waals surface area contributed by atoms with E-state index in [1.54, 1.807) is 7.11 Å². The fraction of sp³-hybridized carbons (Fsp3) is 0.438. The van der Waals surface area contributed by atoms with Crippen molar-refractivity contribution in [3.8, 4) is 11.6 Å². The summed E-state index contributed by atoms with van der Waals surface area (Å²) in [6, 6.07) is 3.88. The predicted molar refractivity (Wildman–Crippen MR) is 93.8 cm³/mol. The third-order valence-electron chi connectivity index (χ3n) is 4.44. The van der Waals surface area contributed by atoms with Gasteiger partial charge in [0, 0.05) is 10.9 Å². The number of hydrogen-bond acceptors (Lipinski definition) is 4. The second-order valence-electron chi connectivity index (χ2n) is 6.58. The van der Waals surface area contributed by atoms with Crippen molar-refractivity contribution in [3.05, 3.63) is 17.7 Å². The van der Waals surface area contributed by atoms with Crippen molar-refractivity contribution < 1.29 is 9.84 Å². The molecule has 6 nitrogen and oxygen atoms in total. The van der Waals surface area contributed by atoms with E-state index in [2.05, 4.69) is 31.0 Å². The number of azo groups is 1. The van der Waals surface area contributed by atoms with Crippen molar-refractivity contribution in [1.82, 2.24) is 4.57 Å². The van der Waals surface area contributed by atoms with E-state index in [1.807, 2.05) is 16.7 Å². The second kappa shape index (κ2) is 5.19. The molecule has 1 aromatic heterocycles. The topological polar surface area (TPSA) is 85.1 Å². The van der Waals surface area contributed by atoms with Crippen LogP contribution in [0.3, 0.4) is 0 Å². The Morgan fingerprint density at radius 3 is 2.78 bits per heavy atom. The Hall–Kier alpha value is -2.15. The van der Waals surface area contributed by atoms with Gasteiger partial charge in [0.05, 0.1) is 12.6 Å². The standard InChI is InChI=1S/C16H20N4O2S/c1-8-7-16(2,3)20-13-10(8)5-9(22-4)6-11(13)12(14(20)21)18-19-15(17)23/h5-6,8,21H,7H2,1-4H3,(H2,17,23). The van der Waals surface area contributed by atoms with Gasteiger partial charge in [0.2, 0.25) is 11.0 Å². The van der Waals surface area contributed by atoms with Gasteiger partial charge in [-0.05, 0) is 56.1 Å². The normalized spacial score (nSPS) is 19.4. The average molecular weight is 332 g/mol. The van der Waals surface area contributed by atoms with E-state index in [0.29, 0.717) is 11.6 Å². The van der Waals surface area contributed by atoms with E-state index in [9.17, 15) is 5.11 Å². The van der Waals surface area contributed by atoms with Gasteiger partial charge in [0.1, 0.15) is 5.75 Å². The highest BCUT2D eigenvalue weighted by atomic mass is 32.1. The van der Waals surface area contributed by atoms with Gasteiger partial charge in [-0.25, -0.2) is 0 Å². The third kappa shape index (κ3) is 2.35. The molecular weight excluding hydrogens is 312 g/mol. The van der Waals surface area contributed by atoms with E-state index in [1.165, 1.54) is 0 Å². The summed E-state index contributed by atoms with van der Waals surface area (Å²) >= 11 is 4.75. The van der Waals surface area contributed by atoms with Crippen molar-refractivity contribution in [1.29, 1.82) is 0 Å². The first-order chi connectivity index (χ1) is 10.8. The van der Waals surface area contributed by atoms with Gasteiger partial charge < -0.3 is 20.1 Å².